The number of rotatable bonds is 7. The van der Waals surface area contributed by atoms with Gasteiger partial charge in [-0.15, -0.1) is 0 Å². The van der Waals surface area contributed by atoms with E-state index in [0.29, 0.717) is 37.6 Å². The number of amides is 1. The average Bonchev–Trinajstić information content (AvgIpc) is 2.72. The van der Waals surface area contributed by atoms with Crippen LogP contribution in [0.2, 0.25) is 0 Å². The second-order valence-corrected chi connectivity index (χ2v) is 9.24. The molecule has 1 N–H and O–H groups in total. The zero-order valence-electron chi connectivity index (χ0n) is 17.1. The van der Waals surface area contributed by atoms with Crippen molar-refractivity contribution in [1.82, 2.24) is 9.21 Å². The second-order valence-electron chi connectivity index (χ2n) is 7.31. The quantitative estimate of drug-likeness (QED) is 0.722. The van der Waals surface area contributed by atoms with Gasteiger partial charge in [0.1, 0.15) is 5.82 Å². The van der Waals surface area contributed by atoms with Crippen LogP contribution in [0.4, 0.5) is 10.1 Å². The highest BCUT2D eigenvalue weighted by Crippen LogP contribution is 2.23. The van der Waals surface area contributed by atoms with Gasteiger partial charge in [0.05, 0.1) is 24.7 Å². The van der Waals surface area contributed by atoms with E-state index < -0.39 is 10.0 Å². The maximum absolute atomic E-state index is 13.8. The number of hydrogen-bond donors (Lipinski definition) is 1. The number of sulfonamides is 1. The lowest BCUT2D eigenvalue weighted by molar-refractivity contribution is -0.117. The monoisotopic (exact) mass is 435 g/mol. The number of aryl methyl sites for hydroxylation is 1. The maximum atomic E-state index is 13.8. The first-order valence-corrected chi connectivity index (χ1v) is 11.1. The van der Waals surface area contributed by atoms with E-state index in [9.17, 15) is 17.6 Å². The number of benzene rings is 2. The summed E-state index contributed by atoms with van der Waals surface area (Å²) < 4.78 is 46.1. The van der Waals surface area contributed by atoms with Crippen LogP contribution in [0.5, 0.6) is 0 Å². The van der Waals surface area contributed by atoms with Gasteiger partial charge in [0, 0.05) is 30.9 Å². The second kappa shape index (κ2) is 9.65. The molecule has 1 heterocycles. The molecule has 30 heavy (non-hydrogen) atoms. The van der Waals surface area contributed by atoms with Gasteiger partial charge in [-0.05, 0) is 37.7 Å². The van der Waals surface area contributed by atoms with Gasteiger partial charge >= 0.3 is 0 Å². The van der Waals surface area contributed by atoms with Crippen molar-refractivity contribution in [2.45, 2.75) is 18.4 Å². The Kier molecular flexibility index (Phi) is 7.19. The molecule has 9 heteroatoms. The zero-order valence-corrected chi connectivity index (χ0v) is 17.9. The molecule has 0 radical (unpaired) electrons. The molecule has 1 amide bonds. The van der Waals surface area contributed by atoms with Gasteiger partial charge in [-0.25, -0.2) is 12.8 Å². The summed E-state index contributed by atoms with van der Waals surface area (Å²) in [6, 6.07) is 11.1. The van der Waals surface area contributed by atoms with Crippen molar-refractivity contribution < 1.29 is 22.3 Å². The Bertz CT molecular complexity index is 1010. The van der Waals surface area contributed by atoms with E-state index >= 15 is 0 Å². The number of hydrogen-bond acceptors (Lipinski definition) is 5. The first-order valence-electron chi connectivity index (χ1n) is 9.68. The molecule has 1 aliphatic rings. The molecule has 0 aromatic heterocycles. The predicted octanol–water partition coefficient (Wildman–Crippen LogP) is 2.23. The molecule has 0 aliphatic carbocycles. The van der Waals surface area contributed by atoms with E-state index in [2.05, 4.69) is 5.32 Å². The average molecular weight is 436 g/mol. The van der Waals surface area contributed by atoms with Crippen LogP contribution in [-0.4, -0.2) is 63.4 Å². The predicted molar refractivity (Wildman–Crippen MR) is 112 cm³/mol. The first-order chi connectivity index (χ1) is 14.3. The highest BCUT2D eigenvalue weighted by atomic mass is 32.2. The molecule has 0 unspecified atom stereocenters. The number of anilines is 1. The van der Waals surface area contributed by atoms with Gasteiger partial charge in [0.15, 0.2) is 0 Å². The number of ether oxygens (including phenoxy) is 1. The van der Waals surface area contributed by atoms with Crippen LogP contribution in [0.25, 0.3) is 0 Å². The summed E-state index contributed by atoms with van der Waals surface area (Å²) in [5.41, 5.74) is 1.69. The smallest absolute Gasteiger partial charge is 0.243 e. The molecule has 1 saturated heterocycles. The van der Waals surface area contributed by atoms with Crippen molar-refractivity contribution in [3.63, 3.8) is 0 Å². The molecule has 0 spiro atoms. The number of likely N-dealkylation sites (N-methyl/N-ethyl adjacent to an activating group) is 1. The molecular formula is C21H26FN3O4S. The fourth-order valence-electron chi connectivity index (χ4n) is 3.24. The van der Waals surface area contributed by atoms with Gasteiger partial charge in [0.25, 0.3) is 0 Å². The third-order valence-corrected chi connectivity index (χ3v) is 6.80. The van der Waals surface area contributed by atoms with Crippen LogP contribution in [0.3, 0.4) is 0 Å². The van der Waals surface area contributed by atoms with Gasteiger partial charge in [0.2, 0.25) is 15.9 Å². The van der Waals surface area contributed by atoms with E-state index in [-0.39, 0.29) is 29.7 Å². The van der Waals surface area contributed by atoms with Gasteiger partial charge < -0.3 is 10.1 Å². The Labute approximate surface area is 176 Å². The molecule has 1 fully saturated rings. The van der Waals surface area contributed by atoms with Crippen molar-refractivity contribution in [3.05, 3.63) is 59.4 Å². The van der Waals surface area contributed by atoms with Crippen LogP contribution >= 0.6 is 0 Å². The molecule has 2 aromatic rings. The Balaban J connectivity index is 1.68. The van der Waals surface area contributed by atoms with Crippen molar-refractivity contribution in [2.24, 2.45) is 0 Å². The minimum Gasteiger partial charge on any atom is -0.379 e. The van der Waals surface area contributed by atoms with Crippen molar-refractivity contribution in [2.75, 3.05) is 45.2 Å². The van der Waals surface area contributed by atoms with Gasteiger partial charge in [-0.2, -0.15) is 4.31 Å². The minimum atomic E-state index is -3.66. The van der Waals surface area contributed by atoms with Crippen LogP contribution < -0.4 is 5.32 Å². The molecule has 3 rings (SSSR count). The van der Waals surface area contributed by atoms with E-state index in [0.717, 1.165) is 5.56 Å². The minimum absolute atomic E-state index is 0.0359. The Hall–Kier alpha value is -2.33. The summed E-state index contributed by atoms with van der Waals surface area (Å²) in [5.74, 6) is -0.625. The molecule has 0 atom stereocenters. The van der Waals surface area contributed by atoms with E-state index in [4.69, 9.17) is 4.74 Å². The summed E-state index contributed by atoms with van der Waals surface area (Å²) in [4.78, 5) is 14.3. The Morgan fingerprint density at radius 3 is 2.60 bits per heavy atom. The molecule has 7 nitrogen and oxygen atoms in total. The molecular weight excluding hydrogens is 409 g/mol. The summed E-state index contributed by atoms with van der Waals surface area (Å²) in [6.45, 7) is 3.45. The number of morpholine rings is 1. The van der Waals surface area contributed by atoms with Crippen LogP contribution in [0, 0.1) is 12.7 Å². The third kappa shape index (κ3) is 5.42. The lowest BCUT2D eigenvalue weighted by Gasteiger charge is -2.26. The first kappa shape index (κ1) is 22.4. The lowest BCUT2D eigenvalue weighted by Crippen LogP contribution is -2.40. The van der Waals surface area contributed by atoms with Crippen molar-refractivity contribution in [1.29, 1.82) is 0 Å². The molecule has 2 aromatic carbocycles. The summed E-state index contributed by atoms with van der Waals surface area (Å²) >= 11 is 0. The molecule has 0 bridgehead atoms. The third-order valence-electron chi connectivity index (χ3n) is 4.90. The Morgan fingerprint density at radius 2 is 1.90 bits per heavy atom. The summed E-state index contributed by atoms with van der Waals surface area (Å²) in [6.07, 6.45) is 0. The Morgan fingerprint density at radius 1 is 1.20 bits per heavy atom. The topological polar surface area (TPSA) is 79.0 Å². The van der Waals surface area contributed by atoms with E-state index in [1.165, 1.54) is 16.4 Å². The van der Waals surface area contributed by atoms with Crippen LogP contribution in [-0.2, 0) is 26.1 Å². The SMILES string of the molecule is Cc1ccc(S(=O)(=O)N2CCOCC2)cc1NC(=O)CN(C)Cc1ccccc1F. The summed E-state index contributed by atoms with van der Waals surface area (Å²) in [7, 11) is -1.94. The standard InChI is InChI=1S/C21H26FN3O4S/c1-16-7-8-18(30(27,28)25-9-11-29-12-10-25)13-20(16)23-21(26)15-24(2)14-17-5-3-4-6-19(17)22/h3-8,13H,9-12,14-15H2,1-2H3,(H,23,26). The van der Waals surface area contributed by atoms with Gasteiger partial charge in [-0.1, -0.05) is 24.3 Å². The summed E-state index contributed by atoms with van der Waals surface area (Å²) in [5, 5.41) is 2.77. The van der Waals surface area contributed by atoms with Crippen LogP contribution in [0.15, 0.2) is 47.4 Å². The van der Waals surface area contributed by atoms with Crippen LogP contribution in [0.1, 0.15) is 11.1 Å². The molecule has 162 valence electrons. The van der Waals surface area contributed by atoms with E-state index in [1.54, 1.807) is 49.2 Å². The highest BCUT2D eigenvalue weighted by Gasteiger charge is 2.27. The largest absolute Gasteiger partial charge is 0.379 e. The molecule has 1 aliphatic heterocycles. The maximum Gasteiger partial charge on any atom is 0.243 e. The number of carbonyl (C=O) groups excluding carboxylic acids is 1. The lowest BCUT2D eigenvalue weighted by atomic mass is 10.2. The van der Waals surface area contributed by atoms with Crippen molar-refractivity contribution >= 4 is 21.6 Å². The number of halogens is 1. The highest BCUT2D eigenvalue weighted by molar-refractivity contribution is 7.89. The number of nitrogens with one attached hydrogen (secondary N) is 1. The number of nitrogens with zero attached hydrogens (tertiary/aromatic N) is 2. The fourth-order valence-corrected chi connectivity index (χ4v) is 4.68. The molecule has 0 saturated carbocycles. The normalized spacial score (nSPS) is 15.3. The van der Waals surface area contributed by atoms with Gasteiger partial charge in [-0.3, -0.25) is 9.69 Å². The van der Waals surface area contributed by atoms with Crippen molar-refractivity contribution in [3.8, 4) is 0 Å². The fraction of sp³-hybridized carbons (Fsp3) is 0.381. The zero-order chi connectivity index (χ0) is 21.7. The van der Waals surface area contributed by atoms with E-state index in [1.807, 2.05) is 0 Å². The number of carbonyl (C=O) groups is 1.